The zero-order chi connectivity index (χ0) is 26.4. The first-order valence-corrected chi connectivity index (χ1v) is 12.9. The van der Waals surface area contributed by atoms with Crippen molar-refractivity contribution in [1.29, 1.82) is 0 Å². The van der Waals surface area contributed by atoms with Crippen LogP contribution in [0.3, 0.4) is 0 Å². The molecule has 1 spiro atoms. The SMILES string of the molecule is CCOC(=O)[C@@H]1[C@H]2C(=O)N([C@H](CO)c3ccccc3)C(C(=O)NCc3ccccc3)C23CC(C)[C@@]1(C)O3. The predicted octanol–water partition coefficient (Wildman–Crippen LogP) is 2.61. The van der Waals surface area contributed by atoms with Gasteiger partial charge in [0.15, 0.2) is 0 Å². The first kappa shape index (κ1) is 25.4. The number of carbonyl (C=O) groups is 3. The standard InChI is InChI=1S/C29H34N2O6/c1-4-36-27(35)23-22-26(34)31(21(17-32)20-13-9-6-10-14-20)24(29(22)15-18(2)28(23,3)37-29)25(33)30-16-19-11-7-5-8-12-19/h5-14,18,21-24,32H,4,15-17H2,1-3H3,(H,30,33)/t18?,21-,22+,23+,24?,28-,29?/m1/s1. The minimum absolute atomic E-state index is 0.0837. The van der Waals surface area contributed by atoms with Gasteiger partial charge in [0.25, 0.3) is 0 Å². The van der Waals surface area contributed by atoms with Crippen molar-refractivity contribution in [2.45, 2.75) is 57.0 Å². The third-order valence-electron chi connectivity index (χ3n) is 8.54. The van der Waals surface area contributed by atoms with Gasteiger partial charge in [0, 0.05) is 6.54 Å². The van der Waals surface area contributed by atoms with E-state index >= 15 is 0 Å². The summed E-state index contributed by atoms with van der Waals surface area (Å²) in [5, 5.41) is 13.5. The molecule has 3 aliphatic rings. The van der Waals surface area contributed by atoms with Crippen LogP contribution in [0.15, 0.2) is 60.7 Å². The molecule has 3 saturated heterocycles. The number of ether oxygens (including phenoxy) is 2. The molecule has 2 bridgehead atoms. The second-order valence-corrected chi connectivity index (χ2v) is 10.5. The molecule has 2 amide bonds. The fraction of sp³-hybridized carbons (Fsp3) is 0.483. The molecule has 7 atom stereocenters. The third-order valence-corrected chi connectivity index (χ3v) is 8.54. The first-order chi connectivity index (χ1) is 17.8. The van der Waals surface area contributed by atoms with Crippen molar-refractivity contribution in [1.82, 2.24) is 10.2 Å². The quantitative estimate of drug-likeness (QED) is 0.534. The van der Waals surface area contributed by atoms with E-state index in [-0.39, 0.29) is 37.5 Å². The van der Waals surface area contributed by atoms with Crippen LogP contribution < -0.4 is 5.32 Å². The van der Waals surface area contributed by atoms with Crippen LogP contribution in [0.4, 0.5) is 0 Å². The van der Waals surface area contributed by atoms with Gasteiger partial charge in [-0.3, -0.25) is 14.4 Å². The smallest absolute Gasteiger partial charge is 0.312 e. The van der Waals surface area contributed by atoms with Crippen molar-refractivity contribution < 1.29 is 29.0 Å². The zero-order valence-corrected chi connectivity index (χ0v) is 21.4. The molecular formula is C29H34N2O6. The summed E-state index contributed by atoms with van der Waals surface area (Å²) in [7, 11) is 0. The Morgan fingerprint density at radius 3 is 2.43 bits per heavy atom. The van der Waals surface area contributed by atoms with Crippen molar-refractivity contribution >= 4 is 17.8 Å². The molecule has 0 saturated carbocycles. The number of amides is 2. The van der Waals surface area contributed by atoms with E-state index < -0.39 is 41.1 Å². The average Bonchev–Trinajstić information content (AvgIpc) is 3.41. The number of benzene rings is 2. The number of likely N-dealkylation sites (tertiary alicyclic amines) is 1. The van der Waals surface area contributed by atoms with Gasteiger partial charge in [-0.1, -0.05) is 67.6 Å². The summed E-state index contributed by atoms with van der Waals surface area (Å²) >= 11 is 0. The van der Waals surface area contributed by atoms with E-state index in [0.717, 1.165) is 5.56 Å². The van der Waals surface area contributed by atoms with Gasteiger partial charge >= 0.3 is 5.97 Å². The molecule has 5 rings (SSSR count). The lowest BCUT2D eigenvalue weighted by molar-refractivity contribution is -0.162. The molecule has 0 aromatic heterocycles. The largest absolute Gasteiger partial charge is 0.466 e. The molecule has 2 N–H and O–H groups in total. The van der Waals surface area contributed by atoms with Crippen LogP contribution >= 0.6 is 0 Å². The Balaban J connectivity index is 1.59. The molecule has 2 aromatic carbocycles. The van der Waals surface area contributed by atoms with Gasteiger partial charge in [0.1, 0.15) is 17.6 Å². The molecule has 3 unspecified atom stereocenters. The summed E-state index contributed by atoms with van der Waals surface area (Å²) in [5.41, 5.74) is -0.509. The highest BCUT2D eigenvalue weighted by Gasteiger charge is 2.80. The minimum Gasteiger partial charge on any atom is -0.466 e. The van der Waals surface area contributed by atoms with Crippen LogP contribution in [0, 0.1) is 17.8 Å². The monoisotopic (exact) mass is 506 g/mol. The Morgan fingerprint density at radius 2 is 1.81 bits per heavy atom. The number of nitrogens with zero attached hydrogens (tertiary/aromatic N) is 1. The second kappa shape index (κ2) is 9.58. The summed E-state index contributed by atoms with van der Waals surface area (Å²) in [6.07, 6.45) is 0.447. The van der Waals surface area contributed by atoms with Gasteiger partial charge < -0.3 is 24.8 Å². The number of fused-ring (bicyclic) bond motifs is 1. The van der Waals surface area contributed by atoms with Crippen LogP contribution in [0.2, 0.25) is 0 Å². The average molecular weight is 507 g/mol. The lowest BCUT2D eigenvalue weighted by Gasteiger charge is -2.37. The predicted molar refractivity (Wildman–Crippen MR) is 135 cm³/mol. The number of rotatable bonds is 8. The van der Waals surface area contributed by atoms with Crippen molar-refractivity contribution in [2.24, 2.45) is 17.8 Å². The molecule has 8 nitrogen and oxygen atoms in total. The molecule has 37 heavy (non-hydrogen) atoms. The van der Waals surface area contributed by atoms with Gasteiger partial charge in [-0.25, -0.2) is 0 Å². The minimum atomic E-state index is -1.20. The molecule has 3 heterocycles. The summed E-state index contributed by atoms with van der Waals surface area (Å²) in [6.45, 7) is 5.66. The first-order valence-electron chi connectivity index (χ1n) is 12.9. The summed E-state index contributed by atoms with van der Waals surface area (Å²) < 4.78 is 12.1. The van der Waals surface area contributed by atoms with Crippen molar-refractivity contribution in [3.8, 4) is 0 Å². The van der Waals surface area contributed by atoms with Crippen molar-refractivity contribution in [3.63, 3.8) is 0 Å². The van der Waals surface area contributed by atoms with Crippen molar-refractivity contribution in [3.05, 3.63) is 71.8 Å². The maximum Gasteiger partial charge on any atom is 0.312 e. The molecule has 3 aliphatic heterocycles. The lowest BCUT2D eigenvalue weighted by atomic mass is 9.62. The number of carbonyl (C=O) groups excluding carboxylic acids is 3. The van der Waals surface area contributed by atoms with Crippen molar-refractivity contribution in [2.75, 3.05) is 13.2 Å². The summed E-state index contributed by atoms with van der Waals surface area (Å²) in [4.78, 5) is 42.9. The van der Waals surface area contributed by atoms with E-state index in [1.165, 1.54) is 4.90 Å². The Hall–Kier alpha value is -3.23. The van der Waals surface area contributed by atoms with Crippen LogP contribution in [0.25, 0.3) is 0 Å². The highest BCUT2D eigenvalue weighted by Crippen LogP contribution is 2.66. The maximum atomic E-state index is 14.2. The molecule has 3 fully saturated rings. The number of nitrogens with one attached hydrogen (secondary N) is 1. The van der Waals surface area contributed by atoms with E-state index in [2.05, 4.69) is 5.32 Å². The summed E-state index contributed by atoms with van der Waals surface area (Å²) in [5.74, 6) is -3.01. The van der Waals surface area contributed by atoms with E-state index in [1.807, 2.05) is 74.5 Å². The number of hydrogen-bond acceptors (Lipinski definition) is 6. The fourth-order valence-electron chi connectivity index (χ4n) is 6.81. The maximum absolute atomic E-state index is 14.2. The van der Waals surface area contributed by atoms with Crippen LogP contribution in [-0.2, 0) is 30.4 Å². The van der Waals surface area contributed by atoms with E-state index in [1.54, 1.807) is 6.92 Å². The Morgan fingerprint density at radius 1 is 1.16 bits per heavy atom. The van der Waals surface area contributed by atoms with Gasteiger partial charge in [-0.2, -0.15) is 0 Å². The van der Waals surface area contributed by atoms with Gasteiger partial charge in [0.05, 0.1) is 30.8 Å². The topological polar surface area (TPSA) is 105 Å². The Kier molecular flexibility index (Phi) is 6.58. The zero-order valence-electron chi connectivity index (χ0n) is 21.4. The fourth-order valence-corrected chi connectivity index (χ4v) is 6.81. The molecule has 2 aromatic rings. The Labute approximate surface area is 216 Å². The molecule has 8 heteroatoms. The van der Waals surface area contributed by atoms with Gasteiger partial charge in [-0.15, -0.1) is 0 Å². The molecule has 0 radical (unpaired) electrons. The lowest BCUT2D eigenvalue weighted by Crippen LogP contribution is -2.56. The van der Waals surface area contributed by atoms with E-state index in [0.29, 0.717) is 12.0 Å². The number of esters is 1. The number of aliphatic hydroxyl groups excluding tert-OH is 1. The van der Waals surface area contributed by atoms with E-state index in [9.17, 15) is 19.5 Å². The molecule has 196 valence electrons. The van der Waals surface area contributed by atoms with Crippen LogP contribution in [0.1, 0.15) is 44.4 Å². The number of aliphatic hydroxyl groups is 1. The van der Waals surface area contributed by atoms with E-state index in [4.69, 9.17) is 9.47 Å². The highest BCUT2D eigenvalue weighted by atomic mass is 16.6. The highest BCUT2D eigenvalue weighted by molar-refractivity contribution is 5.98. The van der Waals surface area contributed by atoms with Gasteiger partial charge in [-0.05, 0) is 37.3 Å². The Bertz CT molecular complexity index is 1170. The number of hydrogen-bond donors (Lipinski definition) is 2. The van der Waals surface area contributed by atoms with Gasteiger partial charge in [0.2, 0.25) is 11.8 Å². The van der Waals surface area contributed by atoms with Crippen LogP contribution in [-0.4, -0.2) is 58.2 Å². The van der Waals surface area contributed by atoms with Crippen LogP contribution in [0.5, 0.6) is 0 Å². The summed E-state index contributed by atoms with van der Waals surface area (Å²) in [6, 6.07) is 16.9. The second-order valence-electron chi connectivity index (χ2n) is 10.5. The molecular weight excluding hydrogens is 472 g/mol. The third kappa shape index (κ3) is 3.85. The molecule has 0 aliphatic carbocycles. The normalized spacial score (nSPS) is 32.8.